The zero-order chi connectivity index (χ0) is 29.2. The van der Waals surface area contributed by atoms with Crippen molar-refractivity contribution in [2.45, 2.75) is 45.3 Å². The van der Waals surface area contributed by atoms with E-state index in [1.54, 1.807) is 20.8 Å². The number of carbonyl (C=O) groups excluding carboxylic acids is 2. The van der Waals surface area contributed by atoms with Crippen molar-refractivity contribution in [2.24, 2.45) is 5.92 Å². The number of hydrogen-bond acceptors (Lipinski definition) is 7. The van der Waals surface area contributed by atoms with Crippen molar-refractivity contribution in [1.29, 1.82) is 0 Å². The Balaban J connectivity index is 1.77. The molecule has 15 heteroatoms. The number of aromatic nitrogens is 1. The summed E-state index contributed by atoms with van der Waals surface area (Å²) >= 11 is 0. The van der Waals surface area contributed by atoms with Gasteiger partial charge in [-0.15, -0.1) is 0 Å². The van der Waals surface area contributed by atoms with Crippen molar-refractivity contribution >= 4 is 22.1 Å². The average Bonchev–Trinajstić information content (AvgIpc) is 3.14. The molecule has 0 aliphatic carbocycles. The topological polar surface area (TPSA) is 135 Å². The molecule has 0 spiro atoms. The van der Waals surface area contributed by atoms with Crippen LogP contribution in [0.3, 0.4) is 0 Å². The van der Waals surface area contributed by atoms with E-state index in [0.29, 0.717) is 0 Å². The molecule has 1 aliphatic heterocycles. The van der Waals surface area contributed by atoms with E-state index < -0.39 is 69.9 Å². The molecule has 2 N–H and O–H groups in total. The summed E-state index contributed by atoms with van der Waals surface area (Å²) < 4.78 is 96.4. The Morgan fingerprint density at radius 3 is 2.46 bits per heavy atom. The van der Waals surface area contributed by atoms with Crippen molar-refractivity contribution in [3.05, 3.63) is 53.2 Å². The molecular formula is C24H27F4N3O7S. The van der Waals surface area contributed by atoms with Gasteiger partial charge in [0.05, 0.1) is 12.3 Å². The van der Waals surface area contributed by atoms with Gasteiger partial charge in [-0.1, -0.05) is 6.07 Å². The number of rotatable bonds is 7. The molecule has 1 fully saturated rings. The van der Waals surface area contributed by atoms with Crippen molar-refractivity contribution in [1.82, 2.24) is 15.2 Å². The van der Waals surface area contributed by atoms with Crippen LogP contribution in [-0.4, -0.2) is 65.5 Å². The van der Waals surface area contributed by atoms with E-state index in [9.17, 15) is 35.6 Å². The maximum atomic E-state index is 14.2. The Labute approximate surface area is 222 Å². The van der Waals surface area contributed by atoms with Gasteiger partial charge < -0.3 is 19.7 Å². The van der Waals surface area contributed by atoms with Crippen LogP contribution >= 0.6 is 0 Å². The molecule has 2 aromatic rings. The van der Waals surface area contributed by atoms with E-state index >= 15 is 0 Å². The fraction of sp³-hybridized carbons (Fsp3) is 0.458. The van der Waals surface area contributed by atoms with E-state index in [1.807, 2.05) is 0 Å². The molecule has 0 radical (unpaired) electrons. The third kappa shape index (κ3) is 9.06. The molecule has 2 heterocycles. The number of nitrogens with zero attached hydrogens (tertiary/aromatic N) is 2. The molecule has 2 atom stereocenters. The third-order valence-electron chi connectivity index (χ3n) is 5.36. The van der Waals surface area contributed by atoms with Crippen LogP contribution in [0, 0.1) is 5.92 Å². The maximum absolute atomic E-state index is 14.2. The highest BCUT2D eigenvalue weighted by Crippen LogP contribution is 2.32. The lowest BCUT2D eigenvalue weighted by Gasteiger charge is -2.20. The Morgan fingerprint density at radius 2 is 1.85 bits per heavy atom. The van der Waals surface area contributed by atoms with Crippen molar-refractivity contribution in [2.75, 3.05) is 18.8 Å². The number of pyridine rings is 1. The van der Waals surface area contributed by atoms with Gasteiger partial charge in [0.2, 0.25) is 5.88 Å². The van der Waals surface area contributed by atoms with Crippen molar-refractivity contribution < 1.29 is 49.6 Å². The minimum absolute atomic E-state index is 0.00555. The summed E-state index contributed by atoms with van der Waals surface area (Å²) in [6.45, 7) is 3.91. The molecule has 214 valence electrons. The second-order valence-electron chi connectivity index (χ2n) is 9.92. The Kier molecular flexibility index (Phi) is 8.75. The molecule has 1 aliphatic rings. The SMILES string of the molecule is CC(C)(C)OC(=O)NCc1cc(Oc2cccc(C(=O)N3C[C@@H](CS(=O)(=O)O)[C@@H](F)C3)c2)nc(C(F)(F)F)c1. The summed E-state index contributed by atoms with van der Waals surface area (Å²) in [6.07, 6.45) is -7.33. The average molecular weight is 578 g/mol. The van der Waals surface area contributed by atoms with Gasteiger partial charge in [0, 0.05) is 30.6 Å². The highest BCUT2D eigenvalue weighted by atomic mass is 32.2. The zero-order valence-electron chi connectivity index (χ0n) is 21.2. The highest BCUT2D eigenvalue weighted by molar-refractivity contribution is 7.85. The molecule has 2 amide bonds. The first kappa shape index (κ1) is 30.1. The second kappa shape index (κ2) is 11.3. The standard InChI is InChI=1S/C24H27F4N3O7S/c1-23(2,3)38-22(33)29-10-14-7-19(24(26,27)28)30-20(8-14)37-17-6-4-5-15(9-17)21(32)31-11-16(18(25)12-31)13-39(34,35)36/h4-9,16,18H,10-13H2,1-3H3,(H,29,33)(H,34,35,36)/t16-,18-/m0/s1. The van der Waals surface area contributed by atoms with Crippen LogP contribution in [0.4, 0.5) is 22.4 Å². The number of nitrogens with one attached hydrogen (secondary N) is 1. The monoisotopic (exact) mass is 577 g/mol. The highest BCUT2D eigenvalue weighted by Gasteiger charge is 2.38. The number of hydrogen-bond donors (Lipinski definition) is 2. The van der Waals surface area contributed by atoms with Crippen molar-refractivity contribution in [3.63, 3.8) is 0 Å². The molecule has 3 rings (SSSR count). The lowest BCUT2D eigenvalue weighted by Crippen LogP contribution is -2.32. The van der Waals surface area contributed by atoms with Gasteiger partial charge in [0.15, 0.2) is 0 Å². The second-order valence-corrected chi connectivity index (χ2v) is 11.4. The minimum atomic E-state index is -4.82. The molecule has 10 nitrogen and oxygen atoms in total. The number of benzene rings is 1. The number of alkyl halides is 4. The van der Waals surface area contributed by atoms with E-state index in [-0.39, 0.29) is 30.0 Å². The number of alkyl carbamates (subject to hydrolysis) is 1. The summed E-state index contributed by atoms with van der Waals surface area (Å²) in [5.74, 6) is -3.13. The Morgan fingerprint density at radius 1 is 1.15 bits per heavy atom. The zero-order valence-corrected chi connectivity index (χ0v) is 22.0. The van der Waals surface area contributed by atoms with Crippen LogP contribution in [0.1, 0.15) is 42.4 Å². The van der Waals surface area contributed by atoms with Gasteiger partial charge in [-0.25, -0.2) is 14.2 Å². The molecular weight excluding hydrogens is 550 g/mol. The quantitative estimate of drug-likeness (QED) is 0.369. The predicted molar refractivity (Wildman–Crippen MR) is 130 cm³/mol. The molecule has 1 saturated heterocycles. The molecule has 0 bridgehead atoms. The fourth-order valence-corrected chi connectivity index (χ4v) is 4.62. The van der Waals surface area contributed by atoms with E-state index in [2.05, 4.69) is 10.3 Å². The third-order valence-corrected chi connectivity index (χ3v) is 6.21. The van der Waals surface area contributed by atoms with Gasteiger partial charge in [0.1, 0.15) is 23.2 Å². The number of likely N-dealkylation sites (tertiary alicyclic amines) is 1. The lowest BCUT2D eigenvalue weighted by molar-refractivity contribution is -0.141. The summed E-state index contributed by atoms with van der Waals surface area (Å²) in [7, 11) is -4.45. The first-order chi connectivity index (χ1) is 17.9. The lowest BCUT2D eigenvalue weighted by atomic mass is 10.1. The first-order valence-corrected chi connectivity index (χ1v) is 13.2. The van der Waals surface area contributed by atoms with Crippen LogP contribution < -0.4 is 10.1 Å². The van der Waals surface area contributed by atoms with Gasteiger partial charge in [-0.2, -0.15) is 21.6 Å². The Hall–Kier alpha value is -3.46. The van der Waals surface area contributed by atoms with Crippen LogP contribution in [0.25, 0.3) is 0 Å². The Bertz CT molecular complexity index is 1330. The van der Waals surface area contributed by atoms with E-state index in [4.69, 9.17) is 14.0 Å². The molecule has 0 unspecified atom stereocenters. The summed E-state index contributed by atoms with van der Waals surface area (Å²) in [4.78, 5) is 29.3. The normalized spacial score (nSPS) is 18.1. The van der Waals surface area contributed by atoms with Crippen LogP contribution in [-0.2, 0) is 27.6 Å². The van der Waals surface area contributed by atoms with Gasteiger partial charge in [-0.05, 0) is 50.6 Å². The van der Waals surface area contributed by atoms with Gasteiger partial charge in [0.25, 0.3) is 16.0 Å². The van der Waals surface area contributed by atoms with Gasteiger partial charge in [-0.3, -0.25) is 9.35 Å². The van der Waals surface area contributed by atoms with Crippen LogP contribution in [0.5, 0.6) is 11.6 Å². The molecule has 1 aromatic heterocycles. The molecule has 0 saturated carbocycles. The number of carbonyl (C=O) groups is 2. The summed E-state index contributed by atoms with van der Waals surface area (Å²) in [6, 6.07) is 7.25. The van der Waals surface area contributed by atoms with E-state index in [1.165, 1.54) is 30.3 Å². The fourth-order valence-electron chi connectivity index (χ4n) is 3.77. The molecule has 1 aromatic carbocycles. The van der Waals surface area contributed by atoms with Crippen LogP contribution in [0.2, 0.25) is 0 Å². The smallest absolute Gasteiger partial charge is 0.433 e. The molecule has 39 heavy (non-hydrogen) atoms. The summed E-state index contributed by atoms with van der Waals surface area (Å²) in [5, 5.41) is 2.36. The largest absolute Gasteiger partial charge is 0.444 e. The minimum Gasteiger partial charge on any atom is -0.444 e. The summed E-state index contributed by atoms with van der Waals surface area (Å²) in [5.41, 5.74) is -2.06. The number of halogens is 4. The maximum Gasteiger partial charge on any atom is 0.433 e. The number of ether oxygens (including phenoxy) is 2. The van der Waals surface area contributed by atoms with Crippen LogP contribution in [0.15, 0.2) is 36.4 Å². The first-order valence-electron chi connectivity index (χ1n) is 11.6. The van der Waals surface area contributed by atoms with Gasteiger partial charge >= 0.3 is 12.3 Å². The predicted octanol–water partition coefficient (Wildman–Crippen LogP) is 4.22. The van der Waals surface area contributed by atoms with Crippen molar-refractivity contribution in [3.8, 4) is 11.6 Å². The number of amides is 2. The van der Waals surface area contributed by atoms with E-state index in [0.717, 1.165) is 11.0 Å².